The van der Waals surface area contributed by atoms with Crippen molar-refractivity contribution in [3.63, 3.8) is 0 Å². The third-order valence-corrected chi connectivity index (χ3v) is 6.92. The summed E-state index contributed by atoms with van der Waals surface area (Å²) in [7, 11) is 0. The van der Waals surface area contributed by atoms with Crippen LogP contribution >= 0.6 is 0 Å². The number of carbonyl (C=O) groups excluding carboxylic acids is 3. The minimum Gasteiger partial charge on any atom is -0.454 e. The third kappa shape index (κ3) is 3.36. The summed E-state index contributed by atoms with van der Waals surface area (Å²) in [6, 6.07) is 7.33. The van der Waals surface area contributed by atoms with E-state index < -0.39 is 11.5 Å². The average Bonchev–Trinajstić information content (AvgIpc) is 2.59. The molecule has 2 unspecified atom stereocenters. The van der Waals surface area contributed by atoms with Crippen LogP contribution in [0.15, 0.2) is 24.3 Å². The number of Topliss-reactive ketones (excluding diaryl/α,β-unsaturated/α-hetero) is 1. The maximum absolute atomic E-state index is 13.2. The molecule has 1 aromatic rings. The molecule has 28 heavy (non-hydrogen) atoms. The first kappa shape index (κ1) is 19.2. The Labute approximate surface area is 166 Å². The fraction of sp³-hybridized carbons (Fsp3) is 0.609. The number of esters is 1. The summed E-state index contributed by atoms with van der Waals surface area (Å²) in [4.78, 5) is 37.7. The Bertz CT molecular complexity index is 798. The normalized spacial score (nSPS) is 34.0. The van der Waals surface area contributed by atoms with Crippen LogP contribution in [-0.2, 0) is 14.3 Å². The first-order valence-corrected chi connectivity index (χ1v) is 10.3. The van der Waals surface area contributed by atoms with E-state index in [-0.39, 0.29) is 23.2 Å². The van der Waals surface area contributed by atoms with Crippen LogP contribution in [-0.4, -0.2) is 29.3 Å². The second-order valence-electron chi connectivity index (χ2n) is 9.48. The number of hydrogen-bond donors (Lipinski definition) is 1. The number of nitrogens with one attached hydrogen (secondary N) is 1. The Morgan fingerprint density at radius 3 is 2.25 bits per heavy atom. The van der Waals surface area contributed by atoms with Crippen molar-refractivity contribution >= 4 is 17.7 Å². The van der Waals surface area contributed by atoms with Gasteiger partial charge in [-0.1, -0.05) is 29.8 Å². The van der Waals surface area contributed by atoms with Crippen LogP contribution in [0.25, 0.3) is 0 Å². The smallest absolute Gasteiger partial charge is 0.312 e. The van der Waals surface area contributed by atoms with Crippen molar-refractivity contribution in [1.82, 2.24) is 5.32 Å². The Balaban J connectivity index is 1.50. The molecule has 1 aromatic carbocycles. The number of ether oxygens (including phenoxy) is 1. The Morgan fingerprint density at radius 2 is 1.68 bits per heavy atom. The second kappa shape index (κ2) is 6.71. The third-order valence-electron chi connectivity index (χ3n) is 6.92. The van der Waals surface area contributed by atoms with Gasteiger partial charge in [0.1, 0.15) is 0 Å². The zero-order valence-corrected chi connectivity index (χ0v) is 16.9. The summed E-state index contributed by atoms with van der Waals surface area (Å²) >= 11 is 0. The highest BCUT2D eigenvalue weighted by Crippen LogP contribution is 2.62. The molecule has 0 heterocycles. The number of amides is 1. The van der Waals surface area contributed by atoms with Crippen molar-refractivity contribution in [1.29, 1.82) is 0 Å². The highest BCUT2D eigenvalue weighted by Gasteiger charge is 2.61. The lowest BCUT2D eigenvalue weighted by Gasteiger charge is -2.60. The molecule has 5 heteroatoms. The van der Waals surface area contributed by atoms with Gasteiger partial charge in [-0.15, -0.1) is 0 Å². The lowest BCUT2D eigenvalue weighted by Crippen LogP contribution is -2.64. The summed E-state index contributed by atoms with van der Waals surface area (Å²) in [5, 5.41) is 3.16. The van der Waals surface area contributed by atoms with Crippen LogP contribution < -0.4 is 5.32 Å². The molecule has 1 amide bonds. The number of ketones is 1. The minimum absolute atomic E-state index is 0.0339. The lowest BCUT2D eigenvalue weighted by molar-refractivity contribution is -0.178. The van der Waals surface area contributed by atoms with Crippen LogP contribution in [0.2, 0.25) is 0 Å². The van der Waals surface area contributed by atoms with E-state index in [0.717, 1.165) is 37.7 Å². The first-order valence-electron chi connectivity index (χ1n) is 10.3. The molecule has 0 radical (unpaired) electrons. The van der Waals surface area contributed by atoms with E-state index in [9.17, 15) is 14.4 Å². The predicted molar refractivity (Wildman–Crippen MR) is 105 cm³/mol. The molecule has 150 valence electrons. The zero-order valence-electron chi connectivity index (χ0n) is 16.9. The molecule has 4 bridgehead atoms. The van der Waals surface area contributed by atoms with Gasteiger partial charge in [0.2, 0.25) is 11.7 Å². The molecule has 5 nitrogen and oxygen atoms in total. The van der Waals surface area contributed by atoms with Gasteiger partial charge in [0, 0.05) is 18.0 Å². The minimum atomic E-state index is -0.806. The quantitative estimate of drug-likeness (QED) is 0.623. The van der Waals surface area contributed by atoms with Gasteiger partial charge in [0.25, 0.3) is 0 Å². The fourth-order valence-electron chi connectivity index (χ4n) is 6.31. The van der Waals surface area contributed by atoms with E-state index in [2.05, 4.69) is 5.32 Å². The lowest BCUT2D eigenvalue weighted by atomic mass is 9.47. The van der Waals surface area contributed by atoms with Gasteiger partial charge < -0.3 is 10.1 Å². The maximum Gasteiger partial charge on any atom is 0.312 e. The molecule has 5 rings (SSSR count). The van der Waals surface area contributed by atoms with Gasteiger partial charge in [-0.2, -0.15) is 0 Å². The molecule has 4 aliphatic carbocycles. The monoisotopic (exact) mass is 383 g/mol. The summed E-state index contributed by atoms with van der Waals surface area (Å²) in [6.07, 6.45) is 4.50. The van der Waals surface area contributed by atoms with E-state index in [0.29, 0.717) is 23.8 Å². The van der Waals surface area contributed by atoms with Gasteiger partial charge in [-0.3, -0.25) is 14.4 Å². The van der Waals surface area contributed by atoms with Crippen molar-refractivity contribution in [3.8, 4) is 0 Å². The van der Waals surface area contributed by atoms with E-state index in [1.54, 1.807) is 26.0 Å². The van der Waals surface area contributed by atoms with Gasteiger partial charge in [-0.05, 0) is 64.2 Å². The van der Waals surface area contributed by atoms with Crippen LogP contribution in [0.4, 0.5) is 0 Å². The Hall–Kier alpha value is -2.17. The predicted octanol–water partition coefficient (Wildman–Crippen LogP) is 3.58. The first-order chi connectivity index (χ1) is 13.2. The summed E-state index contributed by atoms with van der Waals surface area (Å²) in [6.45, 7) is 5.17. The van der Waals surface area contributed by atoms with Crippen LogP contribution in [0.1, 0.15) is 68.3 Å². The number of carbonyl (C=O) groups is 3. The summed E-state index contributed by atoms with van der Waals surface area (Å²) in [5.41, 5.74) is 0.803. The highest BCUT2D eigenvalue weighted by molar-refractivity contribution is 6.00. The molecule has 4 saturated carbocycles. The number of hydrogen-bond acceptors (Lipinski definition) is 4. The fourth-order valence-corrected chi connectivity index (χ4v) is 6.31. The SMILES string of the molecule is CC(=O)NC12C[C@H]3C[C@@H](C1)CC(C(=O)O[C@H](C)C(=O)c1ccc(C)cc1)(C3)C2. The molecule has 0 aromatic heterocycles. The van der Waals surface area contributed by atoms with E-state index >= 15 is 0 Å². The van der Waals surface area contributed by atoms with Crippen molar-refractivity contribution in [2.45, 2.75) is 70.9 Å². The zero-order chi connectivity index (χ0) is 20.1. The average molecular weight is 383 g/mol. The topological polar surface area (TPSA) is 72.5 Å². The van der Waals surface area contributed by atoms with Gasteiger partial charge >= 0.3 is 5.97 Å². The van der Waals surface area contributed by atoms with Crippen LogP contribution in [0.3, 0.4) is 0 Å². The van der Waals surface area contributed by atoms with Crippen molar-refractivity contribution in [2.24, 2.45) is 17.3 Å². The number of rotatable bonds is 5. The standard InChI is InChI=1S/C23H29NO4/c1-14-4-6-19(7-5-14)20(26)15(2)28-21(27)22-9-17-8-18(10-22)12-23(11-17,13-22)24-16(3)25/h4-7,15,17-18H,8-13H2,1-3H3,(H,24,25)/t15-,17-,18+,22?,23?/m1/s1. The van der Waals surface area contributed by atoms with E-state index in [1.165, 1.54) is 0 Å². The molecule has 1 N–H and O–H groups in total. The molecule has 5 atom stereocenters. The number of aryl methyl sites for hydroxylation is 1. The molecule has 4 fully saturated rings. The Morgan fingerprint density at radius 1 is 1.07 bits per heavy atom. The Kier molecular flexibility index (Phi) is 4.59. The molecular formula is C23H29NO4. The van der Waals surface area contributed by atoms with Crippen LogP contribution in [0, 0.1) is 24.2 Å². The van der Waals surface area contributed by atoms with Gasteiger partial charge in [0.15, 0.2) is 6.10 Å². The van der Waals surface area contributed by atoms with Gasteiger partial charge in [-0.25, -0.2) is 0 Å². The molecule has 0 saturated heterocycles. The van der Waals surface area contributed by atoms with E-state index in [4.69, 9.17) is 4.74 Å². The van der Waals surface area contributed by atoms with Crippen molar-refractivity contribution in [3.05, 3.63) is 35.4 Å². The second-order valence-corrected chi connectivity index (χ2v) is 9.48. The maximum atomic E-state index is 13.2. The summed E-state index contributed by atoms with van der Waals surface area (Å²) < 4.78 is 5.73. The van der Waals surface area contributed by atoms with Gasteiger partial charge in [0.05, 0.1) is 5.41 Å². The molecule has 4 aliphatic rings. The van der Waals surface area contributed by atoms with Crippen molar-refractivity contribution < 1.29 is 19.1 Å². The summed E-state index contributed by atoms with van der Waals surface area (Å²) in [5.74, 6) is 0.430. The number of benzene rings is 1. The molecular weight excluding hydrogens is 354 g/mol. The highest BCUT2D eigenvalue weighted by atomic mass is 16.5. The molecule has 0 spiro atoms. The van der Waals surface area contributed by atoms with Crippen LogP contribution in [0.5, 0.6) is 0 Å². The van der Waals surface area contributed by atoms with Crippen molar-refractivity contribution in [2.75, 3.05) is 0 Å². The largest absolute Gasteiger partial charge is 0.454 e. The molecule has 0 aliphatic heterocycles. The van der Waals surface area contributed by atoms with E-state index in [1.807, 2.05) is 19.1 Å².